The third-order valence-corrected chi connectivity index (χ3v) is 38.1. The van der Waals surface area contributed by atoms with E-state index in [-0.39, 0.29) is 67.1 Å². The summed E-state index contributed by atoms with van der Waals surface area (Å²) >= 11 is 0. The molecule has 0 radical (unpaired) electrons. The number of morpholine rings is 1. The van der Waals surface area contributed by atoms with Crippen LogP contribution in [0.5, 0.6) is 0 Å². The first kappa shape index (κ1) is 146. The van der Waals surface area contributed by atoms with E-state index in [9.17, 15) is 69.7 Å². The van der Waals surface area contributed by atoms with Gasteiger partial charge in [-0.2, -0.15) is 8.61 Å². The lowest BCUT2D eigenvalue weighted by Gasteiger charge is -2.37. The van der Waals surface area contributed by atoms with Gasteiger partial charge in [-0.3, -0.25) is 38.8 Å². The fraction of sp³-hybridized carbons (Fsp3) is 0.960. The van der Waals surface area contributed by atoms with Gasteiger partial charge in [-0.05, 0) is 306 Å². The molecular formula is C101H220N18O18S6. The fourth-order valence-corrected chi connectivity index (χ4v) is 20.5. The van der Waals surface area contributed by atoms with Crippen LogP contribution >= 0.6 is 0 Å². The molecule has 9 rings (SSSR count). The second-order valence-electron chi connectivity index (χ2n) is 44.7. The molecule has 7 heterocycles. The summed E-state index contributed by atoms with van der Waals surface area (Å²) in [7, 11) is 8.71. The smallest absolute Gasteiger partial charge is 0.305 e. The number of carboxylic acids is 1. The molecule has 858 valence electrons. The van der Waals surface area contributed by atoms with Crippen molar-refractivity contribution in [3.05, 3.63) is 0 Å². The Kier molecular flexibility index (Phi) is 77.3. The van der Waals surface area contributed by atoms with E-state index in [4.69, 9.17) is 9.84 Å². The lowest BCUT2D eigenvalue weighted by atomic mass is 9.89. The Morgan fingerprint density at radius 3 is 1.01 bits per heavy atom. The molecule has 2 aliphatic carbocycles. The summed E-state index contributed by atoms with van der Waals surface area (Å²) in [6.45, 7) is 74.1. The molecular weight excluding hydrogens is 1950 g/mol. The fourth-order valence-electron chi connectivity index (χ4n) is 14.4. The van der Waals surface area contributed by atoms with Gasteiger partial charge >= 0.3 is 5.97 Å². The first-order valence-electron chi connectivity index (χ1n) is 53.2. The molecule has 3 amide bonds. The van der Waals surface area contributed by atoms with Crippen molar-refractivity contribution in [1.82, 2.24) is 85.9 Å². The van der Waals surface area contributed by atoms with Gasteiger partial charge in [0.15, 0.2) is 0 Å². The van der Waals surface area contributed by atoms with Gasteiger partial charge in [0.05, 0.1) is 57.2 Å². The minimum absolute atomic E-state index is 0.144. The molecule has 9 fully saturated rings. The lowest BCUT2D eigenvalue weighted by Crippen LogP contribution is -2.50. The highest BCUT2D eigenvalue weighted by atomic mass is 32.2. The number of ether oxygens (including phenoxy) is 1. The number of piperidine rings is 2. The molecule has 7 saturated heterocycles. The van der Waals surface area contributed by atoms with Gasteiger partial charge in [-0.15, -0.1) is 0 Å². The average molecular weight is 2170 g/mol. The summed E-state index contributed by atoms with van der Waals surface area (Å²) < 4.78 is 150. The Morgan fingerprint density at radius 1 is 0.385 bits per heavy atom. The van der Waals surface area contributed by atoms with Crippen LogP contribution in [0.3, 0.4) is 0 Å². The number of nitrogens with zero attached hydrogens (tertiary/aromatic N) is 15. The molecule has 1 unspecified atom stereocenters. The highest BCUT2D eigenvalue weighted by Gasteiger charge is 2.34. The minimum atomic E-state index is -3.05. The Bertz CT molecular complexity index is 3970. The monoisotopic (exact) mass is 2170 g/mol. The summed E-state index contributed by atoms with van der Waals surface area (Å²) in [6.07, 6.45) is 16.6. The number of rotatable bonds is 33. The van der Waals surface area contributed by atoms with Gasteiger partial charge in [-0.1, -0.05) is 69.2 Å². The highest BCUT2D eigenvalue weighted by Crippen LogP contribution is 2.27. The van der Waals surface area contributed by atoms with Gasteiger partial charge in [0.2, 0.25) is 77.9 Å². The maximum atomic E-state index is 11.7. The van der Waals surface area contributed by atoms with E-state index < -0.39 is 66.1 Å². The number of likely N-dealkylation sites (tertiary alicyclic amines) is 3. The van der Waals surface area contributed by atoms with Crippen LogP contribution in [-0.2, 0) is 84.1 Å². The second kappa shape index (κ2) is 75.6. The summed E-state index contributed by atoms with van der Waals surface area (Å²) in [5.41, 5.74) is 0. The summed E-state index contributed by atoms with van der Waals surface area (Å²) in [5, 5.41) is 9.09. The first-order chi connectivity index (χ1) is 65.6. The normalized spacial score (nSPS) is 19.0. The maximum Gasteiger partial charge on any atom is 0.305 e. The van der Waals surface area contributed by atoms with Gasteiger partial charge in [0.25, 0.3) is 0 Å². The zero-order valence-electron chi connectivity index (χ0n) is 98.0. The second-order valence-corrected chi connectivity index (χ2v) is 59.6. The largest absolute Gasteiger partial charge is 0.481 e. The number of sulfonamides is 6. The zero-order valence-corrected chi connectivity index (χ0v) is 103. The molecule has 0 aromatic carbocycles. The molecule has 143 heavy (non-hydrogen) atoms. The van der Waals surface area contributed by atoms with Crippen molar-refractivity contribution in [2.45, 2.75) is 332 Å². The molecule has 42 heteroatoms. The number of carbonyl (C=O) groups excluding carboxylic acids is 3. The van der Waals surface area contributed by atoms with Crippen molar-refractivity contribution in [3.63, 3.8) is 0 Å². The molecule has 1 atom stereocenters. The van der Waals surface area contributed by atoms with E-state index in [1.807, 2.05) is 48.8 Å². The van der Waals surface area contributed by atoms with Gasteiger partial charge in [0.1, 0.15) is 0 Å². The van der Waals surface area contributed by atoms with Crippen LogP contribution in [0.25, 0.3) is 0 Å². The number of aliphatic carboxylic acids is 1. The van der Waals surface area contributed by atoms with Crippen LogP contribution in [-0.4, -0.2) is 475 Å². The molecule has 0 spiro atoms. The van der Waals surface area contributed by atoms with Gasteiger partial charge in [0, 0.05) is 203 Å². The summed E-state index contributed by atoms with van der Waals surface area (Å²) in [6, 6.07) is 2.98. The molecule has 0 aromatic heterocycles. The lowest BCUT2D eigenvalue weighted by molar-refractivity contribution is -0.140. The average Bonchev–Trinajstić information content (AvgIpc) is 1.32. The van der Waals surface area contributed by atoms with Crippen LogP contribution < -0.4 is 14.8 Å². The maximum absolute atomic E-state index is 11.7. The summed E-state index contributed by atoms with van der Waals surface area (Å²) in [4.78, 5) is 67.9. The number of carbonyl (C=O) groups is 4. The first-order valence-corrected chi connectivity index (χ1v) is 62.3. The Balaban J connectivity index is -0.000000737. The number of hydrogen-bond donors (Lipinski definition) is 4. The van der Waals surface area contributed by atoms with E-state index >= 15 is 0 Å². The van der Waals surface area contributed by atoms with Crippen LogP contribution in [0.2, 0.25) is 0 Å². The Hall–Kier alpha value is -3.06. The topological polar surface area (TPSA) is 387 Å². The standard InChI is InChI=1S/C13H26N2O.C13H28N2.C11H25N3.C9H20N2.C8H18N2O2S.C7H15NO3S.C7H15NO2S.C7H13NO.C7H15NO.C6H13NO2S.C5H13NO2S.C4H11NO2S.C4H8O2/c1-11(2)9-12-5-7-15(8-6-12)10-13(16)14(3)4;1-12(2)11-13-5-7-15(8-6-13)10-9-14(3)4;1-11(2)14-9-7-13(8-10-14)6-5-12(3)4;1-8(2)11-6-5-9(7-11)10(3)4;1-8(2)13(11,12)10-6-4-9(3)5-7-10;1-7(2)12(9,10)8-3-5-11-6-4-8;1-7(2)11(9,10)8-5-3-4-6-8;1-5(2)7(9)8-6-3-4-6;1-6(2)5-7(9)8(3)4;1-5(2)10(8,9)7-6-3-4-6;1-5(2)9(7,8)6(3)4;1-4(2)8(6,7)5-3;1-3(2)4(5)6/h11-12H,5-10H2,1-4H3;12-13H,5-11H2,1-4H3;11H,5-10H2,1-4H3;8-9H,5-7H2,1-4H3;8H,4-7H2,1-3H3;7H,3-6H2,1-2H3;7H,3-6H2,1-2H3;5-6H,3-4H2,1-2H3,(H,8,9);6H,5H2,1-4H3;5-7H,3-4H2,1-2H3;5H,1-4H3;4-5H,1-3H3;3H,1-2H3,(H,5,6). The van der Waals surface area contributed by atoms with Crippen LogP contribution in [0, 0.1) is 41.4 Å². The van der Waals surface area contributed by atoms with Crippen LogP contribution in [0.1, 0.15) is 270 Å². The van der Waals surface area contributed by atoms with Crippen molar-refractivity contribution in [1.29, 1.82) is 0 Å². The van der Waals surface area contributed by atoms with E-state index in [0.29, 0.717) is 70.4 Å². The molecule has 0 bridgehead atoms. The number of piperazine rings is 2. The Morgan fingerprint density at radius 2 is 0.748 bits per heavy atom. The Labute approximate surface area is 878 Å². The highest BCUT2D eigenvalue weighted by molar-refractivity contribution is 7.91. The quantitative estimate of drug-likeness (QED) is 0.0474. The van der Waals surface area contributed by atoms with E-state index in [1.54, 1.807) is 129 Å². The minimum Gasteiger partial charge on any atom is -0.481 e. The number of nitrogens with one attached hydrogen (secondary N) is 3. The predicted molar refractivity (Wildman–Crippen MR) is 597 cm³/mol. The molecule has 7 aliphatic heterocycles. The molecule has 36 nitrogen and oxygen atoms in total. The molecule has 4 N–H and O–H groups in total. The SMILES string of the molecule is CC(C)C(=O)NC1CC1.CC(C)C(=O)O.CC(C)CC(=O)N(C)C.CC(C)CC1CCN(CC(=O)N(C)C)CC1.CC(C)CC1CCN(CCN(C)C)CC1.CC(C)N1CCC(N(C)C)C1.CC(C)N1CCN(CCN(C)C)CC1.CC(C)S(=O)(=O)N(C)C.CC(C)S(=O)(=O)N1CCCC1.CC(C)S(=O)(=O)N1CCN(C)CC1.CC(C)S(=O)(=O)N1CCOCC1.CC(C)S(=O)(=O)NC1CC1.CNS(=O)(=O)C(C)C. The van der Waals surface area contributed by atoms with Crippen molar-refractivity contribution < 1.29 is 79.5 Å². The van der Waals surface area contributed by atoms with Crippen molar-refractivity contribution >= 4 is 83.8 Å². The number of hydrogen-bond acceptors (Lipinski definition) is 26. The third kappa shape index (κ3) is 70.0. The molecule has 2 saturated carbocycles. The summed E-state index contributed by atoms with van der Waals surface area (Å²) in [5.74, 6) is 3.84. The van der Waals surface area contributed by atoms with Crippen molar-refractivity contribution in [3.8, 4) is 0 Å². The van der Waals surface area contributed by atoms with Crippen LogP contribution in [0.4, 0.5) is 0 Å². The van der Waals surface area contributed by atoms with E-state index in [0.717, 1.165) is 101 Å². The van der Waals surface area contributed by atoms with Gasteiger partial charge < -0.3 is 49.5 Å². The number of carboxylic acid groups (broad SMARTS) is 1. The molecule has 0 aromatic rings. The number of amides is 3. The zero-order chi connectivity index (χ0) is 112. The predicted octanol–water partition coefficient (Wildman–Crippen LogP) is 10.1. The van der Waals surface area contributed by atoms with E-state index in [1.165, 1.54) is 166 Å². The van der Waals surface area contributed by atoms with Gasteiger partial charge in [-0.25, -0.2) is 68.6 Å². The van der Waals surface area contributed by atoms with Crippen LogP contribution in [0.15, 0.2) is 0 Å². The van der Waals surface area contributed by atoms with Crippen molar-refractivity contribution in [2.24, 2.45) is 41.4 Å². The van der Waals surface area contributed by atoms with E-state index in [2.05, 4.69) is 157 Å². The molecule has 9 aliphatic rings. The van der Waals surface area contributed by atoms with Crippen molar-refractivity contribution in [2.75, 3.05) is 262 Å². The third-order valence-electron chi connectivity index (χ3n) is 25.3. The number of likely N-dealkylation sites (N-methyl/N-ethyl adjacent to an activating group) is 5.